The molecule has 1 aliphatic rings. The highest BCUT2D eigenvalue weighted by molar-refractivity contribution is 9.10. The Bertz CT molecular complexity index is 421. The van der Waals surface area contributed by atoms with Crippen molar-refractivity contribution in [2.75, 3.05) is 6.54 Å². The molecule has 0 aromatic heterocycles. The lowest BCUT2D eigenvalue weighted by molar-refractivity contribution is 0.242. The Labute approximate surface area is 124 Å². The summed E-state index contributed by atoms with van der Waals surface area (Å²) in [5.41, 5.74) is 0.748. The SMILES string of the molecule is CC(NCC1CCCCC1C)c1cc(Br)ccc1F. The quantitative estimate of drug-likeness (QED) is 0.814. The molecule has 1 nitrogen and oxygen atoms in total. The van der Waals surface area contributed by atoms with E-state index in [0.29, 0.717) is 0 Å². The van der Waals surface area contributed by atoms with Crippen molar-refractivity contribution in [2.24, 2.45) is 11.8 Å². The van der Waals surface area contributed by atoms with Crippen molar-refractivity contribution in [3.8, 4) is 0 Å². The number of benzene rings is 1. The van der Waals surface area contributed by atoms with Crippen molar-refractivity contribution in [3.05, 3.63) is 34.1 Å². The summed E-state index contributed by atoms with van der Waals surface area (Å²) in [6.45, 7) is 5.38. The van der Waals surface area contributed by atoms with E-state index in [1.807, 2.05) is 13.0 Å². The second-order valence-electron chi connectivity index (χ2n) is 5.82. The summed E-state index contributed by atoms with van der Waals surface area (Å²) in [5.74, 6) is 1.41. The number of hydrogen-bond donors (Lipinski definition) is 1. The number of halogens is 2. The molecule has 3 heteroatoms. The van der Waals surface area contributed by atoms with Gasteiger partial charge in [-0.15, -0.1) is 0 Å². The zero-order valence-corrected chi connectivity index (χ0v) is 13.3. The summed E-state index contributed by atoms with van der Waals surface area (Å²) in [6, 6.07) is 5.21. The lowest BCUT2D eigenvalue weighted by Crippen LogP contribution is -2.31. The van der Waals surface area contributed by atoms with E-state index in [1.165, 1.54) is 31.7 Å². The van der Waals surface area contributed by atoms with Crippen molar-refractivity contribution in [3.63, 3.8) is 0 Å². The molecule has 0 aliphatic heterocycles. The van der Waals surface area contributed by atoms with E-state index in [1.54, 1.807) is 6.07 Å². The van der Waals surface area contributed by atoms with E-state index < -0.39 is 0 Å². The van der Waals surface area contributed by atoms with Gasteiger partial charge in [-0.1, -0.05) is 42.1 Å². The van der Waals surface area contributed by atoms with E-state index in [9.17, 15) is 4.39 Å². The van der Waals surface area contributed by atoms with Gasteiger partial charge in [-0.05, 0) is 49.9 Å². The van der Waals surface area contributed by atoms with Gasteiger partial charge in [0.05, 0.1) is 0 Å². The molecule has 0 radical (unpaired) electrons. The zero-order chi connectivity index (χ0) is 13.8. The first-order valence-corrected chi connectivity index (χ1v) is 8.05. The molecule has 1 fully saturated rings. The average molecular weight is 328 g/mol. The topological polar surface area (TPSA) is 12.0 Å². The van der Waals surface area contributed by atoms with Crippen LogP contribution >= 0.6 is 15.9 Å². The second-order valence-corrected chi connectivity index (χ2v) is 6.73. The third-order valence-electron chi connectivity index (χ3n) is 4.40. The Morgan fingerprint density at radius 2 is 2.11 bits per heavy atom. The van der Waals surface area contributed by atoms with Gasteiger partial charge in [0.1, 0.15) is 5.82 Å². The summed E-state index contributed by atoms with van der Waals surface area (Å²) >= 11 is 3.41. The van der Waals surface area contributed by atoms with Gasteiger partial charge < -0.3 is 5.32 Å². The van der Waals surface area contributed by atoms with Gasteiger partial charge in [-0.2, -0.15) is 0 Å². The molecule has 1 saturated carbocycles. The Morgan fingerprint density at radius 3 is 2.84 bits per heavy atom. The minimum atomic E-state index is -0.125. The van der Waals surface area contributed by atoms with Crippen LogP contribution in [0.5, 0.6) is 0 Å². The average Bonchev–Trinajstić information content (AvgIpc) is 2.40. The van der Waals surface area contributed by atoms with Gasteiger partial charge in [0.25, 0.3) is 0 Å². The maximum Gasteiger partial charge on any atom is 0.128 e. The molecule has 19 heavy (non-hydrogen) atoms. The van der Waals surface area contributed by atoms with Gasteiger partial charge in [-0.25, -0.2) is 4.39 Å². The summed E-state index contributed by atoms with van der Waals surface area (Å²) in [4.78, 5) is 0. The molecule has 3 atom stereocenters. The standard InChI is InChI=1S/C16H23BrFN/c1-11-5-3-4-6-13(11)10-19-12(2)15-9-14(17)7-8-16(15)18/h7-9,11-13,19H,3-6,10H2,1-2H3. The predicted octanol–water partition coefficient (Wildman–Crippen LogP) is 5.07. The molecule has 2 rings (SSSR count). The molecular formula is C16H23BrFN. The first kappa shape index (κ1) is 15.0. The molecule has 0 saturated heterocycles. The number of hydrogen-bond acceptors (Lipinski definition) is 1. The molecule has 1 N–H and O–H groups in total. The first-order chi connectivity index (χ1) is 9.08. The highest BCUT2D eigenvalue weighted by atomic mass is 79.9. The van der Waals surface area contributed by atoms with Crippen LogP contribution in [-0.4, -0.2) is 6.54 Å². The van der Waals surface area contributed by atoms with E-state index >= 15 is 0 Å². The van der Waals surface area contributed by atoms with Crippen molar-refractivity contribution >= 4 is 15.9 Å². The second kappa shape index (κ2) is 6.85. The van der Waals surface area contributed by atoms with Crippen LogP contribution in [-0.2, 0) is 0 Å². The summed E-state index contributed by atoms with van der Waals surface area (Å²) in [7, 11) is 0. The fourth-order valence-corrected chi connectivity index (χ4v) is 3.36. The highest BCUT2D eigenvalue weighted by Crippen LogP contribution is 2.30. The van der Waals surface area contributed by atoms with E-state index in [0.717, 1.165) is 28.4 Å². The Hall–Kier alpha value is -0.410. The predicted molar refractivity (Wildman–Crippen MR) is 81.6 cm³/mol. The van der Waals surface area contributed by atoms with Crippen LogP contribution in [0.2, 0.25) is 0 Å². The molecule has 1 aliphatic carbocycles. The fraction of sp³-hybridized carbons (Fsp3) is 0.625. The van der Waals surface area contributed by atoms with Crippen LogP contribution in [0.25, 0.3) is 0 Å². The first-order valence-electron chi connectivity index (χ1n) is 7.26. The van der Waals surface area contributed by atoms with Crippen molar-refractivity contribution in [2.45, 2.75) is 45.6 Å². The van der Waals surface area contributed by atoms with Gasteiger partial charge in [0, 0.05) is 16.1 Å². The smallest absolute Gasteiger partial charge is 0.128 e. The minimum absolute atomic E-state index is 0.0617. The third-order valence-corrected chi connectivity index (χ3v) is 4.89. The molecule has 0 heterocycles. The van der Waals surface area contributed by atoms with Gasteiger partial charge in [0.15, 0.2) is 0 Å². The monoisotopic (exact) mass is 327 g/mol. The summed E-state index contributed by atoms with van der Waals surface area (Å²) < 4.78 is 14.7. The summed E-state index contributed by atoms with van der Waals surface area (Å²) in [5, 5.41) is 3.51. The van der Waals surface area contributed by atoms with Gasteiger partial charge in [0.2, 0.25) is 0 Å². The van der Waals surface area contributed by atoms with Crippen LogP contribution in [0.3, 0.4) is 0 Å². The largest absolute Gasteiger partial charge is 0.310 e. The van der Waals surface area contributed by atoms with E-state index in [4.69, 9.17) is 0 Å². The minimum Gasteiger partial charge on any atom is -0.310 e. The van der Waals surface area contributed by atoms with Crippen LogP contribution in [0.1, 0.15) is 51.1 Å². The number of rotatable bonds is 4. The Kier molecular flexibility index (Phi) is 5.40. The van der Waals surface area contributed by atoms with Crippen LogP contribution in [0, 0.1) is 17.7 Å². The van der Waals surface area contributed by atoms with Gasteiger partial charge >= 0.3 is 0 Å². The maximum atomic E-state index is 13.8. The molecule has 0 spiro atoms. The molecule has 106 valence electrons. The lowest BCUT2D eigenvalue weighted by atomic mass is 9.80. The van der Waals surface area contributed by atoms with Crippen LogP contribution in [0.4, 0.5) is 4.39 Å². The molecule has 0 amide bonds. The lowest BCUT2D eigenvalue weighted by Gasteiger charge is -2.30. The van der Waals surface area contributed by atoms with E-state index in [-0.39, 0.29) is 11.9 Å². The Morgan fingerprint density at radius 1 is 1.37 bits per heavy atom. The molecule has 0 bridgehead atoms. The number of nitrogens with one attached hydrogen (secondary N) is 1. The van der Waals surface area contributed by atoms with Crippen LogP contribution in [0.15, 0.2) is 22.7 Å². The van der Waals surface area contributed by atoms with Crippen molar-refractivity contribution in [1.29, 1.82) is 0 Å². The normalized spacial score (nSPS) is 25.3. The molecule has 1 aromatic rings. The molecular weight excluding hydrogens is 305 g/mol. The molecule has 1 aromatic carbocycles. The maximum absolute atomic E-state index is 13.8. The van der Waals surface area contributed by atoms with Crippen molar-refractivity contribution < 1.29 is 4.39 Å². The fourth-order valence-electron chi connectivity index (χ4n) is 2.98. The van der Waals surface area contributed by atoms with E-state index in [2.05, 4.69) is 28.2 Å². The Balaban J connectivity index is 1.93. The third kappa shape index (κ3) is 4.03. The summed E-state index contributed by atoms with van der Waals surface area (Å²) in [6.07, 6.45) is 5.36. The zero-order valence-electron chi connectivity index (χ0n) is 11.8. The van der Waals surface area contributed by atoms with Gasteiger partial charge in [-0.3, -0.25) is 0 Å². The molecule has 3 unspecified atom stereocenters. The van der Waals surface area contributed by atoms with Crippen molar-refractivity contribution in [1.82, 2.24) is 5.32 Å². The van der Waals surface area contributed by atoms with Crippen LogP contribution < -0.4 is 5.32 Å². The highest BCUT2D eigenvalue weighted by Gasteiger charge is 2.22.